The van der Waals surface area contributed by atoms with E-state index in [1.54, 1.807) is 6.08 Å². The van der Waals surface area contributed by atoms with Crippen LogP contribution in [0.2, 0.25) is 0 Å². The monoisotopic (exact) mass is 393 g/mol. The highest BCUT2D eigenvalue weighted by molar-refractivity contribution is 9.11. The minimum absolute atomic E-state index is 0.272. The molecule has 0 unspecified atom stereocenters. The maximum absolute atomic E-state index is 11.6. The molecule has 1 aromatic heterocycles. The van der Waals surface area contributed by atoms with E-state index in [1.807, 2.05) is 42.5 Å². The molecule has 0 spiro atoms. The van der Waals surface area contributed by atoms with Gasteiger partial charge in [-0.15, -0.1) is 11.3 Å². The molecule has 0 fully saturated rings. The van der Waals surface area contributed by atoms with Crippen molar-refractivity contribution in [1.82, 2.24) is 5.32 Å². The van der Waals surface area contributed by atoms with Crippen LogP contribution < -0.4 is 5.32 Å². The van der Waals surface area contributed by atoms with Crippen LogP contribution in [0.1, 0.15) is 10.4 Å². The van der Waals surface area contributed by atoms with Gasteiger partial charge in [0.25, 0.3) is 5.91 Å². The number of carbonyl (C=O) groups excluding carboxylic acids is 2. The fourth-order valence-electron chi connectivity index (χ4n) is 1.79. The van der Waals surface area contributed by atoms with Gasteiger partial charge >= 0.3 is 5.97 Å². The Bertz CT molecular complexity index is 682. The predicted octanol–water partition coefficient (Wildman–Crippen LogP) is 3.43. The Morgan fingerprint density at radius 1 is 1.17 bits per heavy atom. The molecule has 0 radical (unpaired) electrons. The third-order valence-corrected chi connectivity index (χ3v) is 4.49. The van der Waals surface area contributed by atoms with E-state index in [2.05, 4.69) is 21.2 Å². The van der Waals surface area contributed by atoms with Crippen LogP contribution in [0.4, 0.5) is 0 Å². The van der Waals surface area contributed by atoms with Crippen LogP contribution >= 0.6 is 27.3 Å². The molecule has 120 valence electrons. The van der Waals surface area contributed by atoms with E-state index >= 15 is 0 Å². The number of carbonyl (C=O) groups is 2. The lowest BCUT2D eigenvalue weighted by Gasteiger charge is -2.05. The first-order valence-electron chi connectivity index (χ1n) is 7.04. The number of nitrogens with one attached hydrogen (secondary N) is 1. The summed E-state index contributed by atoms with van der Waals surface area (Å²) in [6.45, 7) is 0.242. The Hall–Kier alpha value is -1.92. The minimum atomic E-state index is -0.535. The maximum Gasteiger partial charge on any atom is 0.331 e. The molecule has 0 aliphatic rings. The number of thiophene rings is 1. The van der Waals surface area contributed by atoms with Crippen molar-refractivity contribution >= 4 is 45.2 Å². The van der Waals surface area contributed by atoms with Crippen molar-refractivity contribution in [3.63, 3.8) is 0 Å². The molecule has 1 amide bonds. The highest BCUT2D eigenvalue weighted by Crippen LogP contribution is 2.22. The molecule has 6 heteroatoms. The number of amides is 1. The average Bonchev–Trinajstić information content (AvgIpc) is 2.97. The quantitative estimate of drug-likeness (QED) is 0.578. The second-order valence-corrected chi connectivity index (χ2v) is 7.16. The van der Waals surface area contributed by atoms with Gasteiger partial charge in [-0.3, -0.25) is 4.79 Å². The lowest BCUT2D eigenvalue weighted by Crippen LogP contribution is -2.30. The van der Waals surface area contributed by atoms with Gasteiger partial charge in [0, 0.05) is 17.5 Å². The van der Waals surface area contributed by atoms with Gasteiger partial charge in [0.15, 0.2) is 6.61 Å². The molecule has 0 saturated heterocycles. The number of hydrogen-bond donors (Lipinski definition) is 1. The van der Waals surface area contributed by atoms with Gasteiger partial charge in [-0.2, -0.15) is 0 Å². The zero-order chi connectivity index (χ0) is 16.5. The first-order valence-corrected chi connectivity index (χ1v) is 8.65. The number of esters is 1. The summed E-state index contributed by atoms with van der Waals surface area (Å²) in [4.78, 5) is 24.1. The number of benzene rings is 1. The fourth-order valence-corrected chi connectivity index (χ4v) is 3.12. The van der Waals surface area contributed by atoms with Crippen LogP contribution in [0.15, 0.2) is 52.3 Å². The SMILES string of the molecule is O=C(COC(=O)/C=C/c1ccc(Br)s1)NCCc1ccccc1. The number of halogens is 1. The van der Waals surface area contributed by atoms with Crippen LogP contribution in [0.25, 0.3) is 6.08 Å². The Morgan fingerprint density at radius 3 is 2.65 bits per heavy atom. The van der Waals surface area contributed by atoms with E-state index < -0.39 is 5.97 Å². The summed E-state index contributed by atoms with van der Waals surface area (Å²) in [5, 5.41) is 2.72. The lowest BCUT2D eigenvalue weighted by molar-refractivity contribution is -0.143. The van der Waals surface area contributed by atoms with Gasteiger partial charge in [0.1, 0.15) is 0 Å². The van der Waals surface area contributed by atoms with Crippen molar-refractivity contribution in [2.75, 3.05) is 13.2 Å². The normalized spacial score (nSPS) is 10.7. The summed E-state index contributed by atoms with van der Waals surface area (Å²) < 4.78 is 5.88. The van der Waals surface area contributed by atoms with Crippen molar-refractivity contribution in [3.8, 4) is 0 Å². The largest absolute Gasteiger partial charge is 0.452 e. The summed E-state index contributed by atoms with van der Waals surface area (Å²) in [6, 6.07) is 13.6. The summed E-state index contributed by atoms with van der Waals surface area (Å²) in [5.74, 6) is -0.839. The van der Waals surface area contributed by atoms with Crippen LogP contribution in [0, 0.1) is 0 Å². The summed E-state index contributed by atoms with van der Waals surface area (Å²) in [6.07, 6.45) is 3.72. The molecule has 1 aromatic carbocycles. The second-order valence-electron chi connectivity index (χ2n) is 4.67. The molecule has 1 heterocycles. The van der Waals surface area contributed by atoms with Crippen molar-refractivity contribution in [2.45, 2.75) is 6.42 Å². The van der Waals surface area contributed by atoms with E-state index in [9.17, 15) is 9.59 Å². The highest BCUT2D eigenvalue weighted by Gasteiger charge is 2.04. The number of ether oxygens (including phenoxy) is 1. The number of rotatable bonds is 7. The second kappa shape index (κ2) is 9.27. The number of hydrogen-bond acceptors (Lipinski definition) is 4. The molecule has 0 aliphatic carbocycles. The van der Waals surface area contributed by atoms with Gasteiger partial charge in [0.2, 0.25) is 0 Å². The lowest BCUT2D eigenvalue weighted by atomic mass is 10.1. The highest BCUT2D eigenvalue weighted by atomic mass is 79.9. The molecule has 0 bridgehead atoms. The molecule has 0 aliphatic heterocycles. The summed E-state index contributed by atoms with van der Waals surface area (Å²) in [7, 11) is 0. The zero-order valence-corrected chi connectivity index (χ0v) is 14.7. The Kier molecular flexibility index (Phi) is 7.03. The van der Waals surface area contributed by atoms with Crippen LogP contribution in [-0.2, 0) is 20.7 Å². The molecule has 0 atom stereocenters. The molecule has 4 nitrogen and oxygen atoms in total. The first kappa shape index (κ1) is 17.4. The van der Waals surface area contributed by atoms with Gasteiger partial charge in [0.05, 0.1) is 3.79 Å². The van der Waals surface area contributed by atoms with Crippen molar-refractivity contribution in [3.05, 3.63) is 62.8 Å². The predicted molar refractivity (Wildman–Crippen MR) is 95.2 cm³/mol. The van der Waals surface area contributed by atoms with Crippen molar-refractivity contribution < 1.29 is 14.3 Å². The van der Waals surface area contributed by atoms with Gasteiger partial charge in [-0.1, -0.05) is 30.3 Å². The molecule has 2 aromatic rings. The maximum atomic E-state index is 11.6. The third-order valence-electron chi connectivity index (χ3n) is 2.90. The first-order chi connectivity index (χ1) is 11.1. The van der Waals surface area contributed by atoms with Crippen LogP contribution in [0.5, 0.6) is 0 Å². The van der Waals surface area contributed by atoms with Crippen molar-refractivity contribution in [1.29, 1.82) is 0 Å². The van der Waals surface area contributed by atoms with E-state index in [0.29, 0.717) is 6.54 Å². The molecular weight excluding hydrogens is 378 g/mol. The molecule has 23 heavy (non-hydrogen) atoms. The van der Waals surface area contributed by atoms with Gasteiger partial charge in [-0.05, 0) is 46.1 Å². The Morgan fingerprint density at radius 2 is 1.96 bits per heavy atom. The zero-order valence-electron chi connectivity index (χ0n) is 12.3. The fraction of sp³-hybridized carbons (Fsp3) is 0.176. The smallest absolute Gasteiger partial charge is 0.331 e. The van der Waals surface area contributed by atoms with E-state index in [-0.39, 0.29) is 12.5 Å². The van der Waals surface area contributed by atoms with Crippen LogP contribution in [0.3, 0.4) is 0 Å². The average molecular weight is 394 g/mol. The Labute approximate surface area is 147 Å². The van der Waals surface area contributed by atoms with Gasteiger partial charge < -0.3 is 10.1 Å². The summed E-state index contributed by atoms with van der Waals surface area (Å²) >= 11 is 4.85. The molecular formula is C17H16BrNO3S. The van der Waals surface area contributed by atoms with E-state index in [1.165, 1.54) is 17.4 Å². The summed E-state index contributed by atoms with van der Waals surface area (Å²) in [5.41, 5.74) is 1.15. The van der Waals surface area contributed by atoms with E-state index in [0.717, 1.165) is 20.6 Å². The van der Waals surface area contributed by atoms with E-state index in [4.69, 9.17) is 4.74 Å². The van der Waals surface area contributed by atoms with Gasteiger partial charge in [-0.25, -0.2) is 4.79 Å². The molecule has 0 saturated carbocycles. The minimum Gasteiger partial charge on any atom is -0.452 e. The third kappa shape index (κ3) is 6.80. The standard InChI is InChI=1S/C17H16BrNO3S/c18-15-8-6-14(23-15)7-9-17(21)22-12-16(20)19-11-10-13-4-2-1-3-5-13/h1-9H,10-12H2,(H,19,20)/b9-7+. The topological polar surface area (TPSA) is 55.4 Å². The Balaban J connectivity index is 1.63. The molecule has 1 N–H and O–H groups in total. The van der Waals surface area contributed by atoms with Crippen LogP contribution in [-0.4, -0.2) is 25.0 Å². The molecule has 2 rings (SSSR count). The van der Waals surface area contributed by atoms with Crippen molar-refractivity contribution in [2.24, 2.45) is 0 Å².